The predicted octanol–water partition coefficient (Wildman–Crippen LogP) is 4.25. The topological polar surface area (TPSA) is 46.2 Å². The molecule has 2 aromatic rings. The van der Waals surface area contributed by atoms with Gasteiger partial charge in [0.05, 0.1) is 9.89 Å². The Morgan fingerprint density at radius 1 is 1.42 bits per heavy atom. The highest BCUT2D eigenvalue weighted by molar-refractivity contribution is 9.11. The van der Waals surface area contributed by atoms with Gasteiger partial charge in [0.25, 0.3) is 0 Å². The zero-order valence-corrected chi connectivity index (χ0v) is 13.6. The van der Waals surface area contributed by atoms with Gasteiger partial charge in [0.15, 0.2) is 0 Å². The normalized spacial score (nSPS) is 14.4. The van der Waals surface area contributed by atoms with Gasteiger partial charge in [0.1, 0.15) is 0 Å². The number of halogens is 2. The lowest BCUT2D eigenvalue weighted by molar-refractivity contribution is 0.151. The quantitative estimate of drug-likeness (QED) is 0.856. The van der Waals surface area contributed by atoms with Crippen LogP contribution in [0.5, 0.6) is 0 Å². The molecule has 102 valence electrons. The first-order valence-corrected chi connectivity index (χ1v) is 7.91. The number of aryl methyl sites for hydroxylation is 1. The molecule has 2 nitrogen and oxygen atoms in total. The van der Waals surface area contributed by atoms with Crippen molar-refractivity contribution in [2.75, 3.05) is 6.54 Å². The van der Waals surface area contributed by atoms with Gasteiger partial charge in [-0.25, -0.2) is 0 Å². The molecule has 0 aliphatic heterocycles. The van der Waals surface area contributed by atoms with Crippen molar-refractivity contribution in [2.45, 2.75) is 18.9 Å². The summed E-state index contributed by atoms with van der Waals surface area (Å²) in [5, 5.41) is 11.2. The molecule has 0 amide bonds. The van der Waals surface area contributed by atoms with E-state index in [1.54, 1.807) is 11.3 Å². The summed E-state index contributed by atoms with van der Waals surface area (Å²) in [6.45, 7) is 2.38. The Hall–Kier alpha value is -0.390. The molecule has 0 saturated carbocycles. The van der Waals surface area contributed by atoms with Crippen LogP contribution < -0.4 is 5.73 Å². The molecule has 2 atom stereocenters. The maximum atomic E-state index is 10.5. The molecular weight excluding hydrogens is 346 g/mol. The van der Waals surface area contributed by atoms with Crippen LogP contribution in [0.4, 0.5) is 0 Å². The van der Waals surface area contributed by atoms with Crippen molar-refractivity contribution in [3.05, 3.63) is 55.1 Å². The molecule has 3 N–H and O–H groups in total. The van der Waals surface area contributed by atoms with Crippen molar-refractivity contribution in [1.82, 2.24) is 0 Å². The van der Waals surface area contributed by atoms with Gasteiger partial charge in [-0.15, -0.1) is 11.3 Å². The number of aliphatic hydroxyl groups is 1. The average Bonchev–Trinajstić information content (AvgIpc) is 2.70. The SMILES string of the molecule is Cc1cc(C(O)C(CN)c2cccc(Cl)c2)sc1Br. The highest BCUT2D eigenvalue weighted by Gasteiger charge is 2.23. The maximum Gasteiger partial charge on any atom is 0.0962 e. The van der Waals surface area contributed by atoms with Crippen LogP contribution in [0.1, 0.15) is 28.0 Å². The molecule has 0 aliphatic rings. The number of aliphatic hydroxyl groups excluding tert-OH is 1. The van der Waals surface area contributed by atoms with Crippen molar-refractivity contribution < 1.29 is 5.11 Å². The van der Waals surface area contributed by atoms with Crippen molar-refractivity contribution >= 4 is 38.9 Å². The maximum absolute atomic E-state index is 10.5. The third kappa shape index (κ3) is 3.38. The van der Waals surface area contributed by atoms with Gasteiger partial charge in [0.2, 0.25) is 0 Å². The molecule has 5 heteroatoms. The number of nitrogens with two attached hydrogens (primary N) is 1. The van der Waals surface area contributed by atoms with Crippen LogP contribution in [-0.2, 0) is 0 Å². The standard InChI is InChI=1S/C14H15BrClNOS/c1-8-5-12(19-14(8)15)13(18)11(7-17)9-3-2-4-10(16)6-9/h2-6,11,13,18H,7,17H2,1H3. The molecule has 1 aromatic heterocycles. The molecule has 0 bridgehead atoms. The fourth-order valence-corrected chi connectivity index (χ4v) is 3.83. The van der Waals surface area contributed by atoms with Gasteiger partial charge in [-0.2, -0.15) is 0 Å². The van der Waals surface area contributed by atoms with E-state index < -0.39 is 6.10 Å². The molecule has 0 saturated heterocycles. The monoisotopic (exact) mass is 359 g/mol. The number of rotatable bonds is 4. The summed E-state index contributed by atoms with van der Waals surface area (Å²) < 4.78 is 1.04. The molecular formula is C14H15BrClNOS. The largest absolute Gasteiger partial charge is 0.387 e. The summed E-state index contributed by atoms with van der Waals surface area (Å²) in [6, 6.07) is 9.49. The lowest BCUT2D eigenvalue weighted by Crippen LogP contribution is -2.19. The summed E-state index contributed by atoms with van der Waals surface area (Å²) in [7, 11) is 0. The number of thiophene rings is 1. The van der Waals surface area contributed by atoms with Gasteiger partial charge < -0.3 is 10.8 Å². The lowest BCUT2D eigenvalue weighted by atomic mass is 9.92. The minimum absolute atomic E-state index is 0.149. The second-order valence-electron chi connectivity index (χ2n) is 4.45. The Morgan fingerprint density at radius 3 is 2.68 bits per heavy atom. The fraction of sp³-hybridized carbons (Fsp3) is 0.286. The molecule has 1 heterocycles. The van der Waals surface area contributed by atoms with Crippen molar-refractivity contribution in [2.24, 2.45) is 5.73 Å². The molecule has 0 aliphatic carbocycles. The predicted molar refractivity (Wildman–Crippen MR) is 85.0 cm³/mol. The molecule has 0 fully saturated rings. The van der Waals surface area contributed by atoms with E-state index >= 15 is 0 Å². The Bertz CT molecular complexity index is 553. The molecule has 0 spiro atoms. The minimum atomic E-state index is -0.613. The third-order valence-corrected chi connectivity index (χ3v) is 5.52. The fourth-order valence-electron chi connectivity index (χ4n) is 2.01. The van der Waals surface area contributed by atoms with Crippen LogP contribution in [-0.4, -0.2) is 11.7 Å². The first kappa shape index (κ1) is 15.0. The molecule has 0 radical (unpaired) electrons. The average molecular weight is 361 g/mol. The molecule has 2 rings (SSSR count). The van der Waals surface area contributed by atoms with E-state index in [4.69, 9.17) is 17.3 Å². The van der Waals surface area contributed by atoms with Crippen molar-refractivity contribution in [1.29, 1.82) is 0 Å². The third-order valence-electron chi connectivity index (χ3n) is 3.08. The summed E-state index contributed by atoms with van der Waals surface area (Å²) in [6.07, 6.45) is -0.613. The Balaban J connectivity index is 2.31. The summed E-state index contributed by atoms with van der Waals surface area (Å²) in [4.78, 5) is 0.916. The van der Waals surface area contributed by atoms with Crippen LogP contribution in [0.25, 0.3) is 0 Å². The number of hydrogen-bond donors (Lipinski definition) is 2. The number of hydrogen-bond acceptors (Lipinski definition) is 3. The molecule has 19 heavy (non-hydrogen) atoms. The van der Waals surface area contributed by atoms with Crippen LogP contribution in [0.2, 0.25) is 5.02 Å². The van der Waals surface area contributed by atoms with E-state index in [-0.39, 0.29) is 5.92 Å². The van der Waals surface area contributed by atoms with Gasteiger partial charge in [0, 0.05) is 22.4 Å². The van der Waals surface area contributed by atoms with Crippen LogP contribution >= 0.6 is 38.9 Å². The highest BCUT2D eigenvalue weighted by Crippen LogP contribution is 2.38. The lowest BCUT2D eigenvalue weighted by Gasteiger charge is -2.21. The van der Waals surface area contributed by atoms with Crippen molar-refractivity contribution in [3.63, 3.8) is 0 Å². The van der Waals surface area contributed by atoms with Gasteiger partial charge in [-0.1, -0.05) is 23.7 Å². The summed E-state index contributed by atoms with van der Waals surface area (Å²) in [5.41, 5.74) is 7.92. The van der Waals surface area contributed by atoms with E-state index in [1.807, 2.05) is 37.3 Å². The van der Waals surface area contributed by atoms with E-state index in [1.165, 1.54) is 0 Å². The molecule has 1 aromatic carbocycles. The minimum Gasteiger partial charge on any atom is -0.387 e. The first-order chi connectivity index (χ1) is 9.02. The summed E-state index contributed by atoms with van der Waals surface area (Å²) in [5.74, 6) is -0.149. The van der Waals surface area contributed by atoms with Gasteiger partial charge in [-0.05, 0) is 52.2 Å². The first-order valence-electron chi connectivity index (χ1n) is 5.92. The van der Waals surface area contributed by atoms with Gasteiger partial charge in [-0.3, -0.25) is 0 Å². The van der Waals surface area contributed by atoms with Crippen LogP contribution in [0.15, 0.2) is 34.1 Å². The van der Waals surface area contributed by atoms with Crippen LogP contribution in [0, 0.1) is 6.92 Å². The Kier molecular flexibility index (Phi) is 5.03. The van der Waals surface area contributed by atoms with Crippen LogP contribution in [0.3, 0.4) is 0 Å². The van der Waals surface area contributed by atoms with E-state index in [0.717, 1.165) is 19.8 Å². The Morgan fingerprint density at radius 2 is 2.16 bits per heavy atom. The van der Waals surface area contributed by atoms with Gasteiger partial charge >= 0.3 is 0 Å². The number of benzene rings is 1. The van der Waals surface area contributed by atoms with Crippen molar-refractivity contribution in [3.8, 4) is 0 Å². The smallest absolute Gasteiger partial charge is 0.0962 e. The highest BCUT2D eigenvalue weighted by atomic mass is 79.9. The second-order valence-corrected chi connectivity index (χ2v) is 7.29. The van der Waals surface area contributed by atoms with E-state index in [9.17, 15) is 5.11 Å². The zero-order valence-electron chi connectivity index (χ0n) is 10.4. The van der Waals surface area contributed by atoms with E-state index in [0.29, 0.717) is 11.6 Å². The second kappa shape index (κ2) is 6.37. The summed E-state index contributed by atoms with van der Waals surface area (Å²) >= 11 is 11.0. The zero-order chi connectivity index (χ0) is 14.0. The van der Waals surface area contributed by atoms with E-state index in [2.05, 4.69) is 15.9 Å². The molecule has 2 unspecified atom stereocenters. The Labute approximate surface area is 130 Å².